The highest BCUT2D eigenvalue weighted by Gasteiger charge is 2.21. The number of aromatic nitrogens is 2. The number of aliphatic imine (C=N–C) groups is 2. The van der Waals surface area contributed by atoms with Crippen LogP contribution in [0.15, 0.2) is 43.9 Å². The molecule has 1 fully saturated rings. The molecule has 2 aliphatic rings. The zero-order valence-electron chi connectivity index (χ0n) is 16.3. The fourth-order valence-electron chi connectivity index (χ4n) is 3.38. The smallest absolute Gasteiger partial charge is 0.262 e. The molecule has 0 spiro atoms. The summed E-state index contributed by atoms with van der Waals surface area (Å²) >= 11 is 18.7. The zero-order valence-corrected chi connectivity index (χ0v) is 19.5. The number of allylic oxidation sites excluding steroid dienone is 1. The van der Waals surface area contributed by atoms with Gasteiger partial charge in [-0.2, -0.15) is 0 Å². The van der Waals surface area contributed by atoms with Gasteiger partial charge in [0.1, 0.15) is 10.7 Å². The summed E-state index contributed by atoms with van der Waals surface area (Å²) in [7, 11) is 0. The molecule has 0 radical (unpaired) electrons. The zero-order chi connectivity index (χ0) is 22.0. The Kier molecular flexibility index (Phi) is 6.98. The van der Waals surface area contributed by atoms with Crippen LogP contribution in [0.3, 0.4) is 0 Å². The van der Waals surface area contributed by atoms with Crippen LogP contribution in [0.5, 0.6) is 5.88 Å². The number of likely N-dealkylation sites (tertiary alicyclic amines) is 1. The van der Waals surface area contributed by atoms with E-state index in [0.29, 0.717) is 27.3 Å². The lowest BCUT2D eigenvalue weighted by atomic mass is 10.2. The number of nitrogens with one attached hydrogen (secondary N) is 1. The van der Waals surface area contributed by atoms with Gasteiger partial charge in [0, 0.05) is 11.6 Å². The van der Waals surface area contributed by atoms with Crippen molar-refractivity contribution in [1.29, 1.82) is 0 Å². The second-order valence-corrected chi connectivity index (χ2v) is 9.22. The van der Waals surface area contributed by atoms with Gasteiger partial charge in [0.05, 0.1) is 17.1 Å². The maximum Gasteiger partial charge on any atom is 0.262 e. The number of thioether (sulfide) groups is 1. The average molecular weight is 496 g/mol. The third-order valence-electron chi connectivity index (χ3n) is 4.94. The number of nitrogens with zero attached hydrogens (tertiary/aromatic N) is 4. The van der Waals surface area contributed by atoms with E-state index in [0.717, 1.165) is 19.6 Å². The first kappa shape index (κ1) is 22.3. The van der Waals surface area contributed by atoms with Crippen molar-refractivity contribution in [2.24, 2.45) is 9.98 Å². The molecular weight excluding hydrogens is 477 g/mol. The molecule has 4 rings (SSSR count). The van der Waals surface area contributed by atoms with E-state index < -0.39 is 5.56 Å². The predicted octanol–water partition coefficient (Wildman–Crippen LogP) is 4.43. The van der Waals surface area contributed by atoms with E-state index >= 15 is 0 Å². The molecule has 0 unspecified atom stereocenters. The highest BCUT2D eigenvalue weighted by molar-refractivity contribution is 8.18. The van der Waals surface area contributed by atoms with Crippen molar-refractivity contribution in [3.05, 3.63) is 54.9 Å². The summed E-state index contributed by atoms with van der Waals surface area (Å²) in [5.74, 6) is -0.298. The Hall–Kier alpha value is -1.91. The van der Waals surface area contributed by atoms with E-state index in [4.69, 9.17) is 35.4 Å². The molecule has 0 aliphatic carbocycles. The Bertz CT molecular complexity index is 1200. The van der Waals surface area contributed by atoms with Crippen LogP contribution in [-0.2, 0) is 0 Å². The number of hydrogen-bond acceptors (Lipinski definition) is 6. The monoisotopic (exact) mass is 495 g/mol. The number of hydrogen-bond donors (Lipinski definition) is 2. The summed E-state index contributed by atoms with van der Waals surface area (Å²) in [6.45, 7) is 3.75. The molecule has 0 atom stereocenters. The molecule has 0 saturated carbocycles. The van der Waals surface area contributed by atoms with Crippen molar-refractivity contribution in [3.63, 3.8) is 0 Å². The van der Waals surface area contributed by atoms with Gasteiger partial charge in [-0.05, 0) is 80.3 Å². The number of amidine groups is 1. The minimum Gasteiger partial charge on any atom is -0.494 e. The van der Waals surface area contributed by atoms with E-state index in [2.05, 4.69) is 19.9 Å². The van der Waals surface area contributed by atoms with Gasteiger partial charge in [0.25, 0.3) is 5.56 Å². The summed E-state index contributed by atoms with van der Waals surface area (Å²) in [5, 5.41) is 12.1. The Labute approximate surface area is 198 Å². The third-order valence-corrected chi connectivity index (χ3v) is 6.81. The molecule has 162 valence electrons. The van der Waals surface area contributed by atoms with Crippen molar-refractivity contribution in [2.75, 3.05) is 26.2 Å². The summed E-state index contributed by atoms with van der Waals surface area (Å²) in [5.41, 5.74) is 0.0632. The van der Waals surface area contributed by atoms with Gasteiger partial charge < -0.3 is 10.0 Å². The van der Waals surface area contributed by atoms with Crippen LogP contribution < -0.4 is 5.56 Å². The number of H-pyrrole nitrogens is 1. The fraction of sp³-hybridized carbons (Fsp3) is 0.300. The van der Waals surface area contributed by atoms with Gasteiger partial charge >= 0.3 is 0 Å². The summed E-state index contributed by atoms with van der Waals surface area (Å²) < 4.78 is 1.42. The fourth-order valence-corrected chi connectivity index (χ4v) is 4.89. The number of aromatic hydroxyl groups is 1. The van der Waals surface area contributed by atoms with Crippen LogP contribution in [0.1, 0.15) is 18.4 Å². The van der Waals surface area contributed by atoms with Crippen molar-refractivity contribution in [1.82, 2.24) is 14.5 Å². The van der Waals surface area contributed by atoms with Crippen LogP contribution in [-0.4, -0.2) is 56.1 Å². The molecular formula is C20H19Cl2N5O2S2. The van der Waals surface area contributed by atoms with E-state index in [1.165, 1.54) is 35.2 Å². The topological polar surface area (TPSA) is 86.0 Å². The maximum absolute atomic E-state index is 12.5. The van der Waals surface area contributed by atoms with Crippen molar-refractivity contribution >= 4 is 63.6 Å². The Morgan fingerprint density at radius 3 is 2.68 bits per heavy atom. The van der Waals surface area contributed by atoms with Crippen LogP contribution in [0.4, 0.5) is 0 Å². The van der Waals surface area contributed by atoms with Crippen molar-refractivity contribution in [3.8, 4) is 11.6 Å². The summed E-state index contributed by atoms with van der Waals surface area (Å²) in [4.78, 5) is 26.8. The maximum atomic E-state index is 12.5. The largest absolute Gasteiger partial charge is 0.494 e. The minimum absolute atomic E-state index is 0.0257. The molecule has 2 N–H and O–H groups in total. The first-order valence-electron chi connectivity index (χ1n) is 9.67. The Morgan fingerprint density at radius 1 is 1.26 bits per heavy atom. The van der Waals surface area contributed by atoms with Gasteiger partial charge in [0.15, 0.2) is 9.94 Å². The molecule has 2 aliphatic heterocycles. The highest BCUT2D eigenvalue weighted by Crippen LogP contribution is 2.32. The molecule has 1 aromatic carbocycles. The molecule has 0 amide bonds. The third kappa shape index (κ3) is 5.12. The van der Waals surface area contributed by atoms with Crippen LogP contribution >= 0.6 is 47.2 Å². The lowest BCUT2D eigenvalue weighted by molar-refractivity contribution is 0.349. The van der Waals surface area contributed by atoms with Gasteiger partial charge in [-0.3, -0.25) is 19.3 Å². The van der Waals surface area contributed by atoms with Gasteiger partial charge in [-0.1, -0.05) is 23.2 Å². The standard InChI is InChI=1S/C20H19Cl2N5O2S2/c21-12-3-5-13(6-4-12)27-18(29)14(17(28)25-20(27)30)11-15-16(22)24-19(31-15)23-7-10-26-8-1-2-9-26/h3-6,11,29H,1-2,7-10H2,(H,25,28,30). The number of benzene rings is 1. The van der Waals surface area contributed by atoms with E-state index in [1.54, 1.807) is 24.3 Å². The van der Waals surface area contributed by atoms with E-state index in [-0.39, 0.29) is 21.4 Å². The summed E-state index contributed by atoms with van der Waals surface area (Å²) in [6, 6.07) is 6.72. The lowest BCUT2D eigenvalue weighted by Crippen LogP contribution is -2.22. The number of halogens is 2. The van der Waals surface area contributed by atoms with Crippen LogP contribution in [0.25, 0.3) is 11.8 Å². The molecule has 7 nitrogen and oxygen atoms in total. The van der Waals surface area contributed by atoms with E-state index in [9.17, 15) is 9.90 Å². The van der Waals surface area contributed by atoms with Gasteiger partial charge in [0.2, 0.25) is 5.88 Å². The highest BCUT2D eigenvalue weighted by atomic mass is 35.5. The predicted molar refractivity (Wildman–Crippen MR) is 131 cm³/mol. The van der Waals surface area contributed by atoms with E-state index in [1.807, 2.05) is 0 Å². The molecule has 31 heavy (non-hydrogen) atoms. The molecule has 1 aromatic heterocycles. The van der Waals surface area contributed by atoms with Gasteiger partial charge in [-0.15, -0.1) is 0 Å². The number of aromatic amines is 1. The first-order chi connectivity index (χ1) is 14.9. The van der Waals surface area contributed by atoms with Gasteiger partial charge in [-0.25, -0.2) is 4.99 Å². The quantitative estimate of drug-likeness (QED) is 0.599. The normalized spacial score (nSPS) is 19.5. The average Bonchev–Trinajstić information content (AvgIpc) is 3.36. The van der Waals surface area contributed by atoms with Crippen LogP contribution in [0, 0.1) is 4.77 Å². The SMILES string of the molecule is O=c1[nH]c(=S)n(-c2ccc(Cl)cc2)c(O)c1C=C1SC(=NCCN2CCCC2)N=C1Cl. The molecule has 3 heterocycles. The summed E-state index contributed by atoms with van der Waals surface area (Å²) in [6.07, 6.45) is 3.97. The second kappa shape index (κ2) is 9.70. The molecule has 2 aromatic rings. The molecule has 11 heteroatoms. The number of rotatable bonds is 5. The second-order valence-electron chi connectivity index (χ2n) is 7.03. The Morgan fingerprint density at radius 2 is 1.97 bits per heavy atom. The Balaban J connectivity index is 1.60. The molecule has 0 bridgehead atoms. The minimum atomic E-state index is -0.523. The first-order valence-corrected chi connectivity index (χ1v) is 11.7. The molecule has 1 saturated heterocycles. The lowest BCUT2D eigenvalue weighted by Gasteiger charge is -2.12. The van der Waals surface area contributed by atoms with Crippen LogP contribution in [0.2, 0.25) is 5.02 Å². The van der Waals surface area contributed by atoms with Crippen molar-refractivity contribution < 1.29 is 5.11 Å². The van der Waals surface area contributed by atoms with Crippen molar-refractivity contribution in [2.45, 2.75) is 12.8 Å².